The van der Waals surface area contributed by atoms with Gasteiger partial charge in [0.1, 0.15) is 5.70 Å². The number of hydrogen-bond acceptors (Lipinski definition) is 4. The number of aliphatic hydroxyl groups excluding tert-OH is 1. The highest BCUT2D eigenvalue weighted by molar-refractivity contribution is 6.17. The Morgan fingerprint density at radius 3 is 2.40 bits per heavy atom. The molecule has 2 aromatic rings. The molecule has 25 heavy (non-hydrogen) atoms. The molecule has 1 heterocycles. The molecule has 5 heteroatoms. The average Bonchev–Trinajstić information content (AvgIpc) is 2.82. The number of β-amino-alcohol motifs (C(OH)–C–C–N with tert-alkyl or cyclic N) is 1. The van der Waals surface area contributed by atoms with Crippen molar-refractivity contribution >= 4 is 17.5 Å². The van der Waals surface area contributed by atoms with Crippen LogP contribution in [0.25, 0.3) is 11.1 Å². The van der Waals surface area contributed by atoms with E-state index in [0.29, 0.717) is 0 Å². The third-order valence-corrected chi connectivity index (χ3v) is 4.03. The van der Waals surface area contributed by atoms with E-state index in [1.165, 1.54) is 17.2 Å². The zero-order chi connectivity index (χ0) is 18.0. The molecule has 2 N–H and O–H groups in total. The number of rotatable bonds is 5. The average molecular weight is 336 g/mol. The molecule has 0 spiro atoms. The molecule has 0 saturated carbocycles. The highest BCUT2D eigenvalue weighted by Gasteiger charge is 2.30. The number of amides is 2. The fraction of sp³-hybridized carbons (Fsp3) is 0.200. The van der Waals surface area contributed by atoms with Gasteiger partial charge >= 0.3 is 0 Å². The Balaban J connectivity index is 1.84. The predicted octanol–water partition coefficient (Wildman–Crippen LogP) is 2.63. The van der Waals surface area contributed by atoms with Crippen LogP contribution < -0.4 is 5.32 Å². The number of aliphatic hydroxyl groups is 1. The fourth-order valence-corrected chi connectivity index (χ4v) is 2.98. The van der Waals surface area contributed by atoms with Crippen molar-refractivity contribution in [3.63, 3.8) is 0 Å². The van der Waals surface area contributed by atoms with Crippen LogP contribution in [0.1, 0.15) is 11.1 Å². The minimum absolute atomic E-state index is 0.00194. The first-order valence-electron chi connectivity index (χ1n) is 8.12. The quantitative estimate of drug-likeness (QED) is 0.824. The number of benzene rings is 2. The fourth-order valence-electron chi connectivity index (χ4n) is 2.98. The van der Waals surface area contributed by atoms with Gasteiger partial charge in [0.25, 0.3) is 11.8 Å². The molecule has 0 saturated heterocycles. The van der Waals surface area contributed by atoms with E-state index < -0.39 is 11.8 Å². The van der Waals surface area contributed by atoms with E-state index in [2.05, 4.69) is 37.4 Å². The van der Waals surface area contributed by atoms with E-state index in [4.69, 9.17) is 5.11 Å². The lowest BCUT2D eigenvalue weighted by Crippen LogP contribution is -2.34. The standard InChI is InChI=1S/C20H20N2O3/c1-13-8-14(2)10-16(9-13)15-4-3-5-17(11-15)21-18-12-19(24)22(6-7-23)20(18)25/h3-5,8-12,21,23H,6-7H2,1-2H3. The highest BCUT2D eigenvalue weighted by Crippen LogP contribution is 2.26. The minimum Gasteiger partial charge on any atom is -0.395 e. The third kappa shape index (κ3) is 3.61. The lowest BCUT2D eigenvalue weighted by atomic mass is 10.0. The molecule has 3 rings (SSSR count). The zero-order valence-electron chi connectivity index (χ0n) is 14.2. The summed E-state index contributed by atoms with van der Waals surface area (Å²) in [6, 6.07) is 14.0. The van der Waals surface area contributed by atoms with Gasteiger partial charge in [-0.25, -0.2) is 0 Å². The van der Waals surface area contributed by atoms with Gasteiger partial charge in [0.15, 0.2) is 0 Å². The van der Waals surface area contributed by atoms with Crippen LogP contribution in [0.4, 0.5) is 5.69 Å². The SMILES string of the molecule is Cc1cc(C)cc(-c2cccc(NC3=CC(=O)N(CCO)C3=O)c2)c1. The van der Waals surface area contributed by atoms with Crippen LogP contribution in [0.5, 0.6) is 0 Å². The molecule has 5 nitrogen and oxygen atoms in total. The normalized spacial score (nSPS) is 14.0. The van der Waals surface area contributed by atoms with Crippen molar-refractivity contribution in [1.29, 1.82) is 0 Å². The maximum Gasteiger partial charge on any atom is 0.277 e. The van der Waals surface area contributed by atoms with Crippen LogP contribution in [0.3, 0.4) is 0 Å². The molecule has 0 atom stereocenters. The number of carbonyl (C=O) groups is 2. The van der Waals surface area contributed by atoms with E-state index in [1.807, 2.05) is 24.3 Å². The van der Waals surface area contributed by atoms with Crippen LogP contribution in [-0.4, -0.2) is 35.0 Å². The maximum absolute atomic E-state index is 12.2. The smallest absolute Gasteiger partial charge is 0.277 e. The molecule has 128 valence electrons. The summed E-state index contributed by atoms with van der Waals surface area (Å²) >= 11 is 0. The van der Waals surface area contributed by atoms with Gasteiger partial charge in [-0.1, -0.05) is 41.5 Å². The molecule has 2 amide bonds. The predicted molar refractivity (Wildman–Crippen MR) is 96.9 cm³/mol. The minimum atomic E-state index is -0.421. The summed E-state index contributed by atoms with van der Waals surface area (Å²) in [5.41, 5.74) is 5.46. The van der Waals surface area contributed by atoms with Gasteiger partial charge in [-0.2, -0.15) is 0 Å². The molecular formula is C20H20N2O3. The summed E-state index contributed by atoms with van der Waals surface area (Å²) in [7, 11) is 0. The Kier molecular flexibility index (Phi) is 4.67. The second-order valence-corrected chi connectivity index (χ2v) is 6.16. The van der Waals surface area contributed by atoms with Gasteiger partial charge in [-0.05, 0) is 37.1 Å². The lowest BCUT2D eigenvalue weighted by Gasteiger charge is -2.14. The molecule has 1 aliphatic rings. The Bertz CT molecular complexity index is 851. The number of imide groups is 1. The van der Waals surface area contributed by atoms with Crippen molar-refractivity contribution in [3.8, 4) is 11.1 Å². The number of anilines is 1. The number of hydrogen-bond donors (Lipinski definition) is 2. The number of nitrogens with one attached hydrogen (secondary N) is 1. The first-order chi connectivity index (χ1) is 12.0. The van der Waals surface area contributed by atoms with Crippen molar-refractivity contribution in [3.05, 3.63) is 65.4 Å². The van der Waals surface area contributed by atoms with Gasteiger partial charge in [0.05, 0.1) is 13.2 Å². The van der Waals surface area contributed by atoms with E-state index in [1.54, 1.807) is 0 Å². The van der Waals surface area contributed by atoms with Gasteiger partial charge in [0, 0.05) is 11.8 Å². The monoisotopic (exact) mass is 336 g/mol. The topological polar surface area (TPSA) is 69.6 Å². The molecule has 0 aromatic heterocycles. The summed E-state index contributed by atoms with van der Waals surface area (Å²) in [5.74, 6) is -0.831. The van der Waals surface area contributed by atoms with Crippen molar-refractivity contribution in [2.75, 3.05) is 18.5 Å². The van der Waals surface area contributed by atoms with Crippen LogP contribution in [-0.2, 0) is 9.59 Å². The number of aryl methyl sites for hydroxylation is 2. The zero-order valence-corrected chi connectivity index (χ0v) is 14.2. The maximum atomic E-state index is 12.2. The highest BCUT2D eigenvalue weighted by atomic mass is 16.3. The van der Waals surface area contributed by atoms with Crippen molar-refractivity contribution < 1.29 is 14.7 Å². The summed E-state index contributed by atoms with van der Waals surface area (Å²) in [6.07, 6.45) is 1.27. The van der Waals surface area contributed by atoms with E-state index in [0.717, 1.165) is 21.7 Å². The number of carbonyl (C=O) groups excluding carboxylic acids is 2. The molecule has 0 aliphatic carbocycles. The largest absolute Gasteiger partial charge is 0.395 e. The molecule has 0 fully saturated rings. The van der Waals surface area contributed by atoms with Gasteiger partial charge in [-0.3, -0.25) is 14.5 Å². The van der Waals surface area contributed by atoms with Crippen molar-refractivity contribution in [1.82, 2.24) is 4.90 Å². The molecule has 0 unspecified atom stereocenters. The van der Waals surface area contributed by atoms with Gasteiger partial charge < -0.3 is 10.4 Å². The first-order valence-corrected chi connectivity index (χ1v) is 8.12. The molecular weight excluding hydrogens is 316 g/mol. The summed E-state index contributed by atoms with van der Waals surface area (Å²) in [5, 5.41) is 12.0. The summed E-state index contributed by atoms with van der Waals surface area (Å²) < 4.78 is 0. The van der Waals surface area contributed by atoms with Crippen LogP contribution in [0, 0.1) is 13.8 Å². The first kappa shape index (κ1) is 16.9. The molecule has 1 aliphatic heterocycles. The van der Waals surface area contributed by atoms with E-state index in [9.17, 15) is 9.59 Å². The van der Waals surface area contributed by atoms with Crippen molar-refractivity contribution in [2.45, 2.75) is 13.8 Å². The van der Waals surface area contributed by atoms with E-state index >= 15 is 0 Å². The molecule has 0 bridgehead atoms. The Morgan fingerprint density at radius 2 is 1.72 bits per heavy atom. The Morgan fingerprint density at radius 1 is 1.00 bits per heavy atom. The molecule has 2 aromatic carbocycles. The Hall–Kier alpha value is -2.92. The second kappa shape index (κ2) is 6.91. The van der Waals surface area contributed by atoms with Crippen molar-refractivity contribution in [2.24, 2.45) is 0 Å². The summed E-state index contributed by atoms with van der Waals surface area (Å²) in [6.45, 7) is 3.87. The third-order valence-electron chi connectivity index (χ3n) is 4.03. The summed E-state index contributed by atoms with van der Waals surface area (Å²) in [4.78, 5) is 25.1. The van der Waals surface area contributed by atoms with Gasteiger partial charge in [0.2, 0.25) is 0 Å². The van der Waals surface area contributed by atoms with E-state index in [-0.39, 0.29) is 18.8 Å². The van der Waals surface area contributed by atoms with Crippen LogP contribution in [0.15, 0.2) is 54.2 Å². The molecule has 0 radical (unpaired) electrons. The van der Waals surface area contributed by atoms with Crippen LogP contribution in [0.2, 0.25) is 0 Å². The number of nitrogens with zero attached hydrogens (tertiary/aromatic N) is 1. The van der Waals surface area contributed by atoms with Gasteiger partial charge in [-0.15, -0.1) is 0 Å². The lowest BCUT2D eigenvalue weighted by molar-refractivity contribution is -0.137. The Labute approximate surface area is 146 Å². The second-order valence-electron chi connectivity index (χ2n) is 6.16. The van der Waals surface area contributed by atoms with Crippen LogP contribution >= 0.6 is 0 Å².